The number of nitrogens with zero attached hydrogens (tertiary/aromatic N) is 2. The number of ether oxygens (including phenoxy) is 2. The second-order valence-electron chi connectivity index (χ2n) is 6.63. The minimum absolute atomic E-state index is 0.0561. The second kappa shape index (κ2) is 7.72. The Morgan fingerprint density at radius 1 is 1.11 bits per heavy atom. The molecule has 1 aliphatic heterocycles. The van der Waals surface area contributed by atoms with Gasteiger partial charge in [0.15, 0.2) is 0 Å². The number of anilines is 1. The van der Waals surface area contributed by atoms with Crippen molar-refractivity contribution >= 4 is 11.6 Å². The van der Waals surface area contributed by atoms with E-state index in [-0.39, 0.29) is 5.91 Å². The Morgan fingerprint density at radius 2 is 1.96 bits per heavy atom. The Hall–Kier alpha value is -3.34. The van der Waals surface area contributed by atoms with Crippen molar-refractivity contribution < 1.29 is 14.3 Å². The van der Waals surface area contributed by atoms with E-state index >= 15 is 0 Å². The first-order valence-electron chi connectivity index (χ1n) is 9.34. The lowest BCUT2D eigenvalue weighted by atomic mass is 10.1. The van der Waals surface area contributed by atoms with Crippen molar-refractivity contribution in [1.29, 1.82) is 0 Å². The molecule has 0 unspecified atom stereocenters. The van der Waals surface area contributed by atoms with Crippen LogP contribution in [-0.2, 0) is 17.8 Å². The van der Waals surface area contributed by atoms with Gasteiger partial charge in [-0.3, -0.25) is 9.78 Å². The molecule has 28 heavy (non-hydrogen) atoms. The first-order valence-corrected chi connectivity index (χ1v) is 9.34. The fraction of sp³-hybridized carbons (Fsp3) is 0.217. The summed E-state index contributed by atoms with van der Waals surface area (Å²) in [6.45, 7) is 3.05. The van der Waals surface area contributed by atoms with Crippen LogP contribution >= 0.6 is 0 Å². The summed E-state index contributed by atoms with van der Waals surface area (Å²) in [6.07, 6.45) is 2.14. The summed E-state index contributed by atoms with van der Waals surface area (Å²) in [5.74, 6) is 1.65. The number of pyridine rings is 1. The van der Waals surface area contributed by atoms with Crippen LogP contribution in [0.25, 0.3) is 11.1 Å². The van der Waals surface area contributed by atoms with Gasteiger partial charge < -0.3 is 14.4 Å². The molecule has 142 valence electrons. The van der Waals surface area contributed by atoms with Gasteiger partial charge in [0, 0.05) is 17.3 Å². The van der Waals surface area contributed by atoms with Crippen LogP contribution in [0.3, 0.4) is 0 Å². The molecule has 1 amide bonds. The number of methoxy groups -OCH3 is 1. The highest BCUT2D eigenvalue weighted by Gasteiger charge is 2.29. The van der Waals surface area contributed by atoms with Crippen LogP contribution in [0.15, 0.2) is 60.8 Å². The second-order valence-corrected chi connectivity index (χ2v) is 6.63. The van der Waals surface area contributed by atoms with Gasteiger partial charge in [0.25, 0.3) is 0 Å². The fourth-order valence-electron chi connectivity index (χ4n) is 3.48. The van der Waals surface area contributed by atoms with Crippen molar-refractivity contribution in [2.75, 3.05) is 18.6 Å². The molecule has 4 rings (SSSR count). The summed E-state index contributed by atoms with van der Waals surface area (Å²) < 4.78 is 11.1. The number of carbonyl (C=O) groups excluding carboxylic acids is 1. The number of amides is 1. The molecule has 2 aromatic carbocycles. The number of rotatable bonds is 6. The van der Waals surface area contributed by atoms with Crippen LogP contribution in [0.2, 0.25) is 0 Å². The molecule has 0 saturated heterocycles. The van der Waals surface area contributed by atoms with Gasteiger partial charge in [-0.05, 0) is 36.8 Å². The standard InChI is InChI=1S/C23H22N2O3/c1-3-28-22-10-5-4-9-19(22)17-12-21-20(24-14-17)13-23(26)25(21)15-16-7-6-8-18(11-16)27-2/h4-12,14H,3,13,15H2,1-2H3. The third-order valence-corrected chi connectivity index (χ3v) is 4.83. The molecule has 0 saturated carbocycles. The minimum atomic E-state index is 0.0561. The highest BCUT2D eigenvalue weighted by Crippen LogP contribution is 2.36. The van der Waals surface area contributed by atoms with Crippen LogP contribution < -0.4 is 14.4 Å². The molecule has 0 radical (unpaired) electrons. The number of aromatic nitrogens is 1. The van der Waals surface area contributed by atoms with Crippen molar-refractivity contribution in [3.05, 3.63) is 72.1 Å². The largest absolute Gasteiger partial charge is 0.497 e. The van der Waals surface area contributed by atoms with E-state index in [1.165, 1.54) is 0 Å². The Balaban J connectivity index is 1.69. The predicted molar refractivity (Wildman–Crippen MR) is 109 cm³/mol. The topological polar surface area (TPSA) is 51.7 Å². The predicted octanol–water partition coefficient (Wildman–Crippen LogP) is 4.25. The Bertz CT molecular complexity index is 1020. The molecule has 0 atom stereocenters. The maximum absolute atomic E-state index is 12.6. The molecule has 5 nitrogen and oxygen atoms in total. The van der Waals surface area contributed by atoms with E-state index in [9.17, 15) is 4.79 Å². The molecule has 3 aromatic rings. The fourth-order valence-corrected chi connectivity index (χ4v) is 3.48. The van der Waals surface area contributed by atoms with E-state index in [4.69, 9.17) is 9.47 Å². The highest BCUT2D eigenvalue weighted by molar-refractivity contribution is 6.01. The SMILES string of the molecule is CCOc1ccccc1-c1cnc2c(c1)N(Cc1cccc(OC)c1)C(=O)C2. The zero-order chi connectivity index (χ0) is 19.5. The number of hydrogen-bond acceptors (Lipinski definition) is 4. The molecular weight excluding hydrogens is 352 g/mol. The van der Waals surface area contributed by atoms with Gasteiger partial charge in [0.2, 0.25) is 5.91 Å². The maximum Gasteiger partial charge on any atom is 0.233 e. The quantitative estimate of drug-likeness (QED) is 0.647. The average molecular weight is 374 g/mol. The van der Waals surface area contributed by atoms with Gasteiger partial charge in [0.05, 0.1) is 38.1 Å². The molecule has 0 N–H and O–H groups in total. The van der Waals surface area contributed by atoms with E-state index in [1.54, 1.807) is 12.0 Å². The lowest BCUT2D eigenvalue weighted by molar-refractivity contribution is -0.117. The summed E-state index contributed by atoms with van der Waals surface area (Å²) in [5.41, 5.74) is 4.59. The van der Waals surface area contributed by atoms with Crippen molar-refractivity contribution in [2.45, 2.75) is 19.9 Å². The molecule has 0 spiro atoms. The summed E-state index contributed by atoms with van der Waals surface area (Å²) in [6, 6.07) is 17.7. The molecular formula is C23H22N2O3. The van der Waals surface area contributed by atoms with E-state index in [1.807, 2.05) is 67.7 Å². The van der Waals surface area contributed by atoms with E-state index in [0.717, 1.165) is 39.6 Å². The normalized spacial score (nSPS) is 12.8. The number of fused-ring (bicyclic) bond motifs is 1. The van der Waals surface area contributed by atoms with Gasteiger partial charge in [-0.1, -0.05) is 30.3 Å². The minimum Gasteiger partial charge on any atom is -0.497 e. The molecule has 0 aliphatic carbocycles. The lowest BCUT2D eigenvalue weighted by Crippen LogP contribution is -2.26. The zero-order valence-corrected chi connectivity index (χ0v) is 16.0. The average Bonchev–Trinajstić information content (AvgIpc) is 3.03. The maximum atomic E-state index is 12.6. The van der Waals surface area contributed by atoms with Crippen molar-refractivity contribution in [3.63, 3.8) is 0 Å². The smallest absolute Gasteiger partial charge is 0.233 e. The van der Waals surface area contributed by atoms with Crippen LogP contribution in [0.5, 0.6) is 11.5 Å². The molecule has 0 fully saturated rings. The van der Waals surface area contributed by atoms with Gasteiger partial charge in [-0.15, -0.1) is 0 Å². The Morgan fingerprint density at radius 3 is 2.79 bits per heavy atom. The molecule has 0 bridgehead atoms. The first kappa shape index (κ1) is 18.0. The highest BCUT2D eigenvalue weighted by atomic mass is 16.5. The summed E-state index contributed by atoms with van der Waals surface area (Å²) in [5, 5.41) is 0. The third-order valence-electron chi connectivity index (χ3n) is 4.83. The Kier molecular flexibility index (Phi) is 4.98. The Labute approximate surface area is 164 Å². The molecule has 5 heteroatoms. The van der Waals surface area contributed by atoms with Gasteiger partial charge in [0.1, 0.15) is 11.5 Å². The zero-order valence-electron chi connectivity index (χ0n) is 16.0. The van der Waals surface area contributed by atoms with Crippen LogP contribution in [0.4, 0.5) is 5.69 Å². The lowest BCUT2D eigenvalue weighted by Gasteiger charge is -2.19. The van der Waals surface area contributed by atoms with Crippen LogP contribution in [0, 0.1) is 0 Å². The van der Waals surface area contributed by atoms with E-state index in [0.29, 0.717) is 19.6 Å². The van der Waals surface area contributed by atoms with Crippen LogP contribution in [0.1, 0.15) is 18.2 Å². The van der Waals surface area contributed by atoms with Crippen molar-refractivity contribution in [1.82, 2.24) is 4.98 Å². The molecule has 2 heterocycles. The van der Waals surface area contributed by atoms with E-state index < -0.39 is 0 Å². The summed E-state index contributed by atoms with van der Waals surface area (Å²) in [7, 11) is 1.64. The van der Waals surface area contributed by atoms with Gasteiger partial charge in [-0.2, -0.15) is 0 Å². The van der Waals surface area contributed by atoms with Crippen LogP contribution in [-0.4, -0.2) is 24.6 Å². The van der Waals surface area contributed by atoms with Crippen molar-refractivity contribution in [2.24, 2.45) is 0 Å². The molecule has 1 aliphatic rings. The monoisotopic (exact) mass is 374 g/mol. The number of para-hydroxylation sites is 1. The third kappa shape index (κ3) is 3.43. The number of benzene rings is 2. The first-order chi connectivity index (χ1) is 13.7. The number of carbonyl (C=O) groups is 1. The summed E-state index contributed by atoms with van der Waals surface area (Å²) in [4.78, 5) is 19.0. The van der Waals surface area contributed by atoms with E-state index in [2.05, 4.69) is 4.98 Å². The van der Waals surface area contributed by atoms with Gasteiger partial charge >= 0.3 is 0 Å². The molecule has 1 aromatic heterocycles. The summed E-state index contributed by atoms with van der Waals surface area (Å²) >= 11 is 0. The number of hydrogen-bond donors (Lipinski definition) is 0. The van der Waals surface area contributed by atoms with Gasteiger partial charge in [-0.25, -0.2) is 0 Å². The van der Waals surface area contributed by atoms with Crippen molar-refractivity contribution in [3.8, 4) is 22.6 Å².